The van der Waals surface area contributed by atoms with Crippen LogP contribution >= 0.6 is 0 Å². The predicted octanol–water partition coefficient (Wildman–Crippen LogP) is -2.51. The zero-order valence-electron chi connectivity index (χ0n) is 59.1. The van der Waals surface area contributed by atoms with E-state index >= 15 is 28.0 Å². The van der Waals surface area contributed by atoms with E-state index in [1.54, 1.807) is 31.2 Å². The zero-order valence-corrected chi connectivity index (χ0v) is 59.1. The molecule has 0 aromatic heterocycles. The lowest BCUT2D eigenvalue weighted by Crippen LogP contribution is -2.63. The summed E-state index contributed by atoms with van der Waals surface area (Å²) in [5.41, 5.74) is 5.58. The second kappa shape index (κ2) is 36.6. The molecule has 3 aliphatic carbocycles. The van der Waals surface area contributed by atoms with E-state index < -0.39 is 174 Å². The van der Waals surface area contributed by atoms with Crippen molar-refractivity contribution in [3.05, 3.63) is 35.4 Å². The van der Waals surface area contributed by atoms with Crippen molar-refractivity contribution in [1.82, 2.24) is 79.3 Å². The molecular weight excluding hydrogens is 1340 g/mol. The van der Waals surface area contributed by atoms with Crippen LogP contribution in [0.4, 0.5) is 8.78 Å². The van der Waals surface area contributed by atoms with Crippen molar-refractivity contribution in [2.45, 2.75) is 253 Å². The molecule has 3 saturated carbocycles. The van der Waals surface area contributed by atoms with Crippen molar-refractivity contribution in [1.29, 1.82) is 0 Å². The molecule has 6 aliphatic heterocycles. The number of aliphatic carboxylic acids is 1. The summed E-state index contributed by atoms with van der Waals surface area (Å²) in [6, 6.07) is -5.53. The largest absolute Gasteiger partial charge is 0.481 e. The first kappa shape index (κ1) is 79.1. The van der Waals surface area contributed by atoms with E-state index in [0.29, 0.717) is 88.7 Å². The number of primary amides is 1. The Morgan fingerprint density at radius 2 is 1.18 bits per heavy atom. The van der Waals surface area contributed by atoms with Gasteiger partial charge in [0.2, 0.25) is 70.9 Å². The molecule has 10 rings (SSSR count). The van der Waals surface area contributed by atoms with Gasteiger partial charge in [-0.25, -0.2) is 8.78 Å². The number of aliphatic hydroxyl groups is 1. The fourth-order valence-corrected chi connectivity index (χ4v) is 16.5. The minimum Gasteiger partial charge on any atom is -0.481 e. The van der Waals surface area contributed by atoms with Crippen LogP contribution in [0.2, 0.25) is 0 Å². The zero-order chi connectivity index (χ0) is 74.2. The van der Waals surface area contributed by atoms with Gasteiger partial charge in [-0.15, -0.1) is 0 Å². The SMILES string of the molecule is CC(=O)N[C@H]1CCCC(=O)NCc2ccc(cc2)C[C@@H](C(N)=O)NC(=O)[C@]2(C)CCCN2C(=O)[C@H](CC2CCC(O)CC2)NC(=O)[C@H](CC2CNCN2)NC(=O)[C@H](CC(=O)O)NC(=O)[C@H](CC2CNC3CCC(F)CC23)NC(=O)[C@H](CC2CNC3CCC(F)CC23)NC(=O)CNC(=O)[C@H](C)NC1=O. The van der Waals surface area contributed by atoms with Crippen molar-refractivity contribution in [3.8, 4) is 0 Å². The molecule has 7 fully saturated rings. The fraction of sp³-hybridized carbons (Fsp3) is 0.729. The smallest absolute Gasteiger partial charge is 0.305 e. The van der Waals surface area contributed by atoms with Gasteiger partial charge in [0.25, 0.3) is 0 Å². The van der Waals surface area contributed by atoms with Gasteiger partial charge in [-0.2, -0.15) is 0 Å². The van der Waals surface area contributed by atoms with E-state index in [1.807, 2.05) is 0 Å². The van der Waals surface area contributed by atoms with Crippen LogP contribution in [0.25, 0.3) is 0 Å². The van der Waals surface area contributed by atoms with Crippen LogP contribution in [0, 0.1) is 29.6 Å². The molecule has 0 spiro atoms. The Bertz CT molecular complexity index is 3230. The van der Waals surface area contributed by atoms with Crippen LogP contribution in [0.15, 0.2) is 24.3 Å². The van der Waals surface area contributed by atoms with Crippen LogP contribution in [0.3, 0.4) is 0 Å². The number of halogens is 2. The van der Waals surface area contributed by atoms with Crippen LogP contribution in [0.5, 0.6) is 0 Å². The number of benzene rings is 1. The Balaban J connectivity index is 1.03. The molecule has 31 nitrogen and oxygen atoms in total. The molecule has 1 aromatic rings. The quantitative estimate of drug-likeness (QED) is 0.0961. The molecule has 1 aromatic carbocycles. The molecular formula is C70H106F2N16O15. The molecule has 2 bridgehead atoms. The molecule has 570 valence electrons. The third kappa shape index (κ3) is 22.0. The average molecular weight is 1450 g/mol. The predicted molar refractivity (Wildman–Crippen MR) is 368 cm³/mol. The number of alkyl halides is 2. The lowest BCUT2D eigenvalue weighted by atomic mass is 9.76. The molecule has 103 heavy (non-hydrogen) atoms. The van der Waals surface area contributed by atoms with Gasteiger partial charge >= 0.3 is 5.97 Å². The second-order valence-electron chi connectivity index (χ2n) is 30.0. The van der Waals surface area contributed by atoms with Crippen LogP contribution in [0.1, 0.15) is 160 Å². The molecule has 12 amide bonds. The maximum absolute atomic E-state index is 15.3. The molecule has 9 aliphatic rings. The van der Waals surface area contributed by atoms with Gasteiger partial charge in [-0.1, -0.05) is 24.3 Å². The lowest BCUT2D eigenvalue weighted by molar-refractivity contribution is -0.148. The van der Waals surface area contributed by atoms with Gasteiger partial charge in [0, 0.05) is 64.2 Å². The first-order valence-electron chi connectivity index (χ1n) is 36.8. The first-order valence-corrected chi connectivity index (χ1v) is 36.8. The summed E-state index contributed by atoms with van der Waals surface area (Å²) < 4.78 is 30.4. The number of carbonyl (C=O) groups is 13. The molecule has 9 unspecified atom stereocenters. The Morgan fingerprint density at radius 3 is 1.77 bits per heavy atom. The van der Waals surface area contributed by atoms with Gasteiger partial charge in [0.05, 0.1) is 19.1 Å². The van der Waals surface area contributed by atoms with Gasteiger partial charge in [-0.3, -0.25) is 62.3 Å². The first-order chi connectivity index (χ1) is 49.1. The average Bonchev–Trinajstić information content (AvgIpc) is 1.69. The summed E-state index contributed by atoms with van der Waals surface area (Å²) in [6.45, 7) is 4.73. The van der Waals surface area contributed by atoms with Gasteiger partial charge in [0.1, 0.15) is 66.2 Å². The number of nitrogens with one attached hydrogen (secondary N) is 14. The highest BCUT2D eigenvalue weighted by Gasteiger charge is 2.50. The Kier molecular flexibility index (Phi) is 28.1. The number of carboxylic acid groups (broad SMARTS) is 1. The Morgan fingerprint density at radius 1 is 0.612 bits per heavy atom. The van der Waals surface area contributed by atoms with Gasteiger partial charge < -0.3 is 95.3 Å². The highest BCUT2D eigenvalue weighted by molar-refractivity contribution is 6.00. The van der Waals surface area contributed by atoms with E-state index in [2.05, 4.69) is 74.4 Å². The summed E-state index contributed by atoms with van der Waals surface area (Å²) in [5.74, 6) is -12.8. The van der Waals surface area contributed by atoms with Gasteiger partial charge in [0.15, 0.2) is 0 Å². The number of hydrogen-bond acceptors (Lipinski definition) is 18. The highest BCUT2D eigenvalue weighted by atomic mass is 19.1. The molecule has 18 N–H and O–H groups in total. The van der Waals surface area contributed by atoms with Crippen molar-refractivity contribution in [2.75, 3.05) is 39.4 Å². The minimum atomic E-state index is -1.94. The fourth-order valence-electron chi connectivity index (χ4n) is 16.5. The Labute approximate surface area is 598 Å². The number of amides is 12. The molecule has 33 heteroatoms. The van der Waals surface area contributed by atoms with Crippen LogP contribution in [-0.2, 0) is 75.3 Å². The van der Waals surface area contributed by atoms with Crippen molar-refractivity contribution >= 4 is 76.9 Å². The van der Waals surface area contributed by atoms with Crippen molar-refractivity contribution < 1.29 is 81.3 Å². The van der Waals surface area contributed by atoms with E-state index in [9.17, 15) is 53.4 Å². The second-order valence-corrected chi connectivity index (χ2v) is 30.0. The molecule has 18 atom stereocenters. The van der Waals surface area contributed by atoms with E-state index in [-0.39, 0.29) is 126 Å². The number of carboxylic acids is 1. The topological polar surface area (TPSA) is 460 Å². The number of fused-ring (bicyclic) bond motifs is 35. The summed E-state index contributed by atoms with van der Waals surface area (Å²) in [5, 5.41) is 60.7. The normalized spacial score (nSPS) is 35.6. The molecule has 4 saturated heterocycles. The maximum Gasteiger partial charge on any atom is 0.305 e. The summed E-state index contributed by atoms with van der Waals surface area (Å²) in [4.78, 5) is 185. The number of hydrogen-bond donors (Lipinski definition) is 17. The van der Waals surface area contributed by atoms with Crippen molar-refractivity contribution in [3.63, 3.8) is 0 Å². The number of rotatable bonds is 12. The third-order valence-corrected chi connectivity index (χ3v) is 22.4. The summed E-state index contributed by atoms with van der Waals surface area (Å²) in [7, 11) is 0. The maximum atomic E-state index is 15.3. The van der Waals surface area contributed by atoms with Crippen LogP contribution in [-0.4, -0.2) is 222 Å². The number of nitrogens with zero attached hydrogens (tertiary/aromatic N) is 1. The number of nitrogens with two attached hydrogens (primary N) is 1. The Hall–Kier alpha value is -8.01. The number of carbonyl (C=O) groups excluding carboxylic acids is 12. The van der Waals surface area contributed by atoms with Crippen molar-refractivity contribution in [2.24, 2.45) is 35.3 Å². The molecule has 6 heterocycles. The lowest BCUT2D eigenvalue weighted by Gasteiger charge is -2.38. The monoisotopic (exact) mass is 1450 g/mol. The standard InChI is InChI=1S/C70H106F2N16O15/c1-36-62(96)78-34-59(92)82-53(24-41-31-75-49-18-14-43(71)26-47(41)49)64(98)83-54(25-42-32-76-50-19-15-44(72)27-48(42)50)65(99)85-56(29-60(93)94)67(101)84-55(28-45-33-74-35-79-45)66(100)86-57(23-39-12-16-46(90)17-13-39)68(102)88-21-5-20-70(88,3)69(103)87-52(61(73)95)22-38-8-10-40(11-9-38)30-77-58(91)7-4-6-51(63(97)80-36)81-37(2)89/h8-11,36,39,41-57,74-76,79,90H,4-7,12-35H2,1-3H3,(H2,73,95)(H,77,91)(H,78,96)(H,80,97)(H,81,89)(H,82,92)(H,83,98)(H,84,101)(H,85,99)(H,86,100)(H,87,103)(H,93,94)/t36-,39?,41?,42?,43?,44?,45?,46?,47?,48?,49?,50?,51-,52-,53-,54-,55-,56-,57-,70-/m0/s1. The highest BCUT2D eigenvalue weighted by Crippen LogP contribution is 2.40. The number of aliphatic hydroxyl groups excluding tert-OH is 1. The third-order valence-electron chi connectivity index (χ3n) is 22.4. The van der Waals surface area contributed by atoms with E-state index in [4.69, 9.17) is 5.73 Å². The summed E-state index contributed by atoms with van der Waals surface area (Å²) >= 11 is 0. The minimum absolute atomic E-state index is 0.0247. The van der Waals surface area contributed by atoms with Gasteiger partial charge in [-0.05, 0) is 183 Å². The van der Waals surface area contributed by atoms with Crippen LogP contribution < -0.4 is 80.2 Å². The molecule has 0 radical (unpaired) electrons. The van der Waals surface area contributed by atoms with E-state index in [0.717, 1.165) is 0 Å². The summed E-state index contributed by atoms with van der Waals surface area (Å²) in [6.07, 6.45) is -0.0886. The van der Waals surface area contributed by atoms with E-state index in [1.165, 1.54) is 18.7 Å².